The van der Waals surface area contributed by atoms with E-state index in [9.17, 15) is 9.59 Å². The molecule has 1 saturated heterocycles. The van der Waals surface area contributed by atoms with Crippen LogP contribution < -0.4 is 9.47 Å². The van der Waals surface area contributed by atoms with E-state index in [1.54, 1.807) is 32.1 Å². The van der Waals surface area contributed by atoms with Gasteiger partial charge in [0, 0.05) is 13.2 Å². The van der Waals surface area contributed by atoms with Crippen LogP contribution in [0.15, 0.2) is 30.4 Å². The van der Waals surface area contributed by atoms with Gasteiger partial charge in [-0.25, -0.2) is 9.18 Å². The molecule has 0 aromatic heterocycles. The Morgan fingerprint density at radius 1 is 1.12 bits per heavy atom. The van der Waals surface area contributed by atoms with Crippen molar-refractivity contribution in [3.05, 3.63) is 41.5 Å². The Bertz CT molecular complexity index is 981. The van der Waals surface area contributed by atoms with Crippen LogP contribution in [0.25, 0.3) is 6.08 Å². The van der Waals surface area contributed by atoms with Gasteiger partial charge in [0.05, 0.1) is 13.2 Å². The van der Waals surface area contributed by atoms with Crippen LogP contribution in [-0.4, -0.2) is 62.5 Å². The van der Waals surface area contributed by atoms with Crippen molar-refractivity contribution in [3.63, 3.8) is 0 Å². The van der Waals surface area contributed by atoms with Gasteiger partial charge in [-0.15, -0.1) is 0 Å². The van der Waals surface area contributed by atoms with Crippen LogP contribution in [0.4, 0.5) is 4.39 Å². The predicted molar refractivity (Wildman–Crippen MR) is 122 cm³/mol. The summed E-state index contributed by atoms with van der Waals surface area (Å²) in [5.41, 5.74) is -1.61. The van der Waals surface area contributed by atoms with E-state index in [1.165, 1.54) is 34.1 Å². The van der Waals surface area contributed by atoms with Gasteiger partial charge in [0.2, 0.25) is 0 Å². The van der Waals surface area contributed by atoms with Crippen LogP contribution in [-0.2, 0) is 23.7 Å². The number of fused-ring (bicyclic) bond motifs is 2. The number of benzene rings is 1. The lowest BCUT2D eigenvalue weighted by Crippen LogP contribution is -2.36. The summed E-state index contributed by atoms with van der Waals surface area (Å²) in [5, 5.41) is 0. The first-order chi connectivity index (χ1) is 16.0. The number of esters is 1. The molecule has 8 nitrogen and oxygen atoms in total. The Morgan fingerprint density at radius 3 is 2.53 bits per heavy atom. The Balaban J connectivity index is 2.11. The summed E-state index contributed by atoms with van der Waals surface area (Å²) in [6.07, 6.45) is 3.23. The maximum atomic E-state index is 15.4. The fourth-order valence-corrected chi connectivity index (χ4v) is 3.70. The molecule has 1 aromatic carbocycles. The van der Waals surface area contributed by atoms with E-state index in [2.05, 4.69) is 0 Å². The molecule has 4 atom stereocenters. The molecule has 34 heavy (non-hydrogen) atoms. The molecule has 0 spiro atoms. The monoisotopic (exact) mass is 478 g/mol. The third kappa shape index (κ3) is 5.84. The molecule has 0 radical (unpaired) electrons. The number of carbonyl (C=O) groups is 2. The number of hydrogen-bond donors (Lipinski definition) is 0. The lowest BCUT2D eigenvalue weighted by Gasteiger charge is -2.25. The van der Waals surface area contributed by atoms with E-state index in [-0.39, 0.29) is 18.1 Å². The fourth-order valence-electron chi connectivity index (χ4n) is 3.70. The minimum atomic E-state index is -2.13. The van der Waals surface area contributed by atoms with Crippen molar-refractivity contribution in [2.75, 3.05) is 21.0 Å². The zero-order chi connectivity index (χ0) is 25.1. The normalized spacial score (nSPS) is 30.0. The minimum Gasteiger partial charge on any atom is -0.497 e. The van der Waals surface area contributed by atoms with Crippen molar-refractivity contribution >= 4 is 17.8 Å². The number of halogens is 1. The van der Waals surface area contributed by atoms with Gasteiger partial charge in [-0.3, -0.25) is 4.79 Å². The van der Waals surface area contributed by atoms with Crippen LogP contribution in [0, 0.1) is 0 Å². The molecular formula is C25H31FO8. The van der Waals surface area contributed by atoms with Gasteiger partial charge in [-0.05, 0) is 57.9 Å². The topological polar surface area (TPSA) is 89.5 Å². The SMILES string of the molecule is COCOc1cc(OC)cc2c1C(=O)OC(C)C(C)(F)/C=C\C(=O)C1OC(C)(C)O[C@H]1CC=C2. The minimum absolute atomic E-state index is 0.0920. The van der Waals surface area contributed by atoms with Gasteiger partial charge >= 0.3 is 5.97 Å². The average Bonchev–Trinajstić information content (AvgIpc) is 3.09. The van der Waals surface area contributed by atoms with Crippen molar-refractivity contribution in [2.24, 2.45) is 0 Å². The van der Waals surface area contributed by atoms with Crippen molar-refractivity contribution < 1.29 is 42.4 Å². The summed E-state index contributed by atoms with van der Waals surface area (Å²) >= 11 is 0. The summed E-state index contributed by atoms with van der Waals surface area (Å²) in [4.78, 5) is 26.0. The van der Waals surface area contributed by atoms with Crippen molar-refractivity contribution in [2.45, 2.75) is 63.9 Å². The van der Waals surface area contributed by atoms with Gasteiger partial charge in [-0.1, -0.05) is 12.2 Å². The third-order valence-corrected chi connectivity index (χ3v) is 5.66. The Hall–Kier alpha value is -2.75. The standard InChI is InChI=1S/C25H31FO8/c1-15-25(4,26)11-10-18(27)22-19(33-24(2,3)34-22)9-7-8-16-12-17(30-6)13-20(31-14-29-5)21(16)23(28)32-15/h7-8,10-13,15,19,22H,9,14H2,1-6H3/b8-7?,11-10-/t15?,19-,22?,25?/m0/s1. The number of cyclic esters (lactones) is 1. The van der Waals surface area contributed by atoms with Gasteiger partial charge in [-0.2, -0.15) is 0 Å². The zero-order valence-electron chi connectivity index (χ0n) is 20.3. The third-order valence-electron chi connectivity index (χ3n) is 5.66. The van der Waals surface area contributed by atoms with Crippen LogP contribution in [0.3, 0.4) is 0 Å². The summed E-state index contributed by atoms with van der Waals surface area (Å²) in [6.45, 7) is 5.94. The molecule has 2 aliphatic heterocycles. The predicted octanol–water partition coefficient (Wildman–Crippen LogP) is 4.01. The number of ether oxygens (including phenoxy) is 6. The molecular weight excluding hydrogens is 447 g/mol. The van der Waals surface area contributed by atoms with Crippen molar-refractivity contribution in [3.8, 4) is 11.5 Å². The molecule has 1 fully saturated rings. The number of ketones is 1. The summed E-state index contributed by atoms with van der Waals surface area (Å²) in [5.74, 6) is -1.60. The summed E-state index contributed by atoms with van der Waals surface area (Å²) < 4.78 is 48.5. The second-order valence-electron chi connectivity index (χ2n) is 8.81. The highest BCUT2D eigenvalue weighted by Gasteiger charge is 2.44. The van der Waals surface area contributed by atoms with E-state index >= 15 is 4.39 Å². The number of hydrogen-bond acceptors (Lipinski definition) is 8. The lowest BCUT2D eigenvalue weighted by molar-refractivity contribution is -0.152. The molecule has 0 N–H and O–H groups in total. The van der Waals surface area contributed by atoms with Crippen molar-refractivity contribution in [1.29, 1.82) is 0 Å². The molecule has 0 aliphatic carbocycles. The molecule has 3 rings (SSSR count). The van der Waals surface area contributed by atoms with Crippen LogP contribution >= 0.6 is 0 Å². The number of methoxy groups -OCH3 is 2. The number of carbonyl (C=O) groups excluding carboxylic acids is 2. The number of alkyl halides is 1. The Labute approximate surface area is 198 Å². The summed E-state index contributed by atoms with van der Waals surface area (Å²) in [7, 11) is 2.93. The molecule has 0 saturated carbocycles. The quantitative estimate of drug-likeness (QED) is 0.474. The van der Waals surface area contributed by atoms with E-state index < -0.39 is 41.5 Å². The van der Waals surface area contributed by atoms with E-state index in [0.717, 1.165) is 12.2 Å². The first-order valence-corrected chi connectivity index (χ1v) is 11.0. The highest BCUT2D eigenvalue weighted by molar-refractivity contribution is 5.97. The Morgan fingerprint density at radius 2 is 1.85 bits per heavy atom. The van der Waals surface area contributed by atoms with Gasteiger partial charge in [0.15, 0.2) is 24.0 Å². The molecule has 2 aliphatic rings. The second kappa shape index (κ2) is 10.2. The molecule has 9 heteroatoms. The molecule has 0 bridgehead atoms. The highest BCUT2D eigenvalue weighted by atomic mass is 19.1. The lowest BCUT2D eigenvalue weighted by atomic mass is 9.98. The first-order valence-electron chi connectivity index (χ1n) is 11.0. The van der Waals surface area contributed by atoms with Crippen molar-refractivity contribution in [1.82, 2.24) is 0 Å². The summed E-state index contributed by atoms with van der Waals surface area (Å²) in [6, 6.07) is 3.16. The van der Waals surface area contributed by atoms with Crippen LogP contribution in [0.5, 0.6) is 11.5 Å². The largest absolute Gasteiger partial charge is 0.497 e. The van der Waals surface area contributed by atoms with Crippen LogP contribution in [0.2, 0.25) is 0 Å². The van der Waals surface area contributed by atoms with Gasteiger partial charge < -0.3 is 28.4 Å². The van der Waals surface area contributed by atoms with Gasteiger partial charge in [0.1, 0.15) is 29.3 Å². The fraction of sp³-hybridized carbons (Fsp3) is 0.520. The molecule has 3 unspecified atom stereocenters. The maximum absolute atomic E-state index is 15.4. The maximum Gasteiger partial charge on any atom is 0.342 e. The molecule has 186 valence electrons. The average molecular weight is 479 g/mol. The first kappa shape index (κ1) is 25.9. The Kier molecular flexibility index (Phi) is 7.80. The number of rotatable bonds is 4. The van der Waals surface area contributed by atoms with E-state index in [4.69, 9.17) is 28.4 Å². The molecule has 2 heterocycles. The molecule has 1 aromatic rings. The second-order valence-corrected chi connectivity index (χ2v) is 8.81. The van der Waals surface area contributed by atoms with Crippen LogP contribution in [0.1, 0.15) is 50.0 Å². The van der Waals surface area contributed by atoms with E-state index in [0.29, 0.717) is 17.7 Å². The van der Waals surface area contributed by atoms with Gasteiger partial charge in [0.25, 0.3) is 0 Å². The zero-order valence-corrected chi connectivity index (χ0v) is 20.3. The highest BCUT2D eigenvalue weighted by Crippen LogP contribution is 2.35. The van der Waals surface area contributed by atoms with E-state index in [1.807, 2.05) is 0 Å². The smallest absolute Gasteiger partial charge is 0.342 e. The molecule has 0 amide bonds.